The molecule has 0 spiro atoms. The zero-order valence-electron chi connectivity index (χ0n) is 23.1. The Balaban J connectivity index is 1.64. The number of rotatable bonds is 8. The minimum absolute atomic E-state index is 0.0271. The van der Waals surface area contributed by atoms with E-state index in [2.05, 4.69) is 25.4 Å². The van der Waals surface area contributed by atoms with E-state index in [1.54, 1.807) is 19.1 Å². The summed E-state index contributed by atoms with van der Waals surface area (Å²) in [4.78, 5) is 42.0. The normalized spacial score (nSPS) is 14.4. The lowest BCUT2D eigenvalue weighted by atomic mass is 10.1. The number of benzene rings is 2. The van der Waals surface area contributed by atoms with E-state index in [1.165, 1.54) is 30.8 Å². The van der Waals surface area contributed by atoms with Crippen molar-refractivity contribution < 1.29 is 28.2 Å². The van der Waals surface area contributed by atoms with Crippen LogP contribution in [-0.2, 0) is 14.3 Å². The molecule has 1 aromatic heterocycles. The fraction of sp³-hybridized carbons (Fsp3) is 0.370. The summed E-state index contributed by atoms with van der Waals surface area (Å²) in [5.41, 5.74) is 7.21. The topological polar surface area (TPSA) is 145 Å². The van der Waals surface area contributed by atoms with Crippen molar-refractivity contribution in [3.05, 3.63) is 58.1 Å². The first-order chi connectivity index (χ1) is 19.5. The maximum absolute atomic E-state index is 14.2. The molecular weight excluding hydrogens is 557 g/mol. The van der Waals surface area contributed by atoms with Crippen molar-refractivity contribution in [1.29, 1.82) is 0 Å². The van der Waals surface area contributed by atoms with E-state index < -0.39 is 29.8 Å². The summed E-state index contributed by atoms with van der Waals surface area (Å²) in [6, 6.07) is 6.46. The van der Waals surface area contributed by atoms with Crippen LogP contribution < -0.4 is 16.0 Å². The van der Waals surface area contributed by atoms with Gasteiger partial charge in [0.15, 0.2) is 17.6 Å². The summed E-state index contributed by atoms with van der Waals surface area (Å²) in [5, 5.41) is 10.7. The quantitative estimate of drug-likeness (QED) is 0.298. The lowest BCUT2D eigenvalue weighted by Crippen LogP contribution is -2.44. The smallest absolute Gasteiger partial charge is 0.361 e. The van der Waals surface area contributed by atoms with E-state index in [4.69, 9.17) is 26.8 Å². The molecule has 0 saturated carbocycles. The first-order valence-corrected chi connectivity index (χ1v) is 13.3. The Kier molecular flexibility index (Phi) is 9.08. The average molecular weight is 588 g/mol. The maximum atomic E-state index is 14.2. The number of nitrogens with two attached hydrogens (primary N) is 1. The number of carbonyl (C=O) groups is 3. The third-order valence-electron chi connectivity index (χ3n) is 6.63. The van der Waals surface area contributed by atoms with Crippen LogP contribution in [0.3, 0.4) is 0 Å². The molecule has 41 heavy (non-hydrogen) atoms. The summed E-state index contributed by atoms with van der Waals surface area (Å²) >= 11 is 6.30. The number of amides is 1. The van der Waals surface area contributed by atoms with Crippen LogP contribution >= 0.6 is 11.6 Å². The summed E-state index contributed by atoms with van der Waals surface area (Å²) in [5.74, 6) is -2.78. The molecule has 3 N–H and O–H groups in total. The molecule has 1 atom stereocenters. The maximum Gasteiger partial charge on any atom is 0.361 e. The van der Waals surface area contributed by atoms with Gasteiger partial charge in [-0.15, -0.1) is 5.10 Å². The van der Waals surface area contributed by atoms with Gasteiger partial charge < -0.3 is 30.3 Å². The number of hydrogen-bond donors (Lipinski definition) is 2. The highest BCUT2D eigenvalue weighted by Crippen LogP contribution is 2.32. The highest BCUT2D eigenvalue weighted by molar-refractivity contribution is 6.35. The Morgan fingerprint density at radius 3 is 2.59 bits per heavy atom. The Hall–Kier alpha value is -4.23. The number of ether oxygens (including phenoxy) is 2. The molecule has 1 aliphatic rings. The summed E-state index contributed by atoms with van der Waals surface area (Å²) < 4.78 is 25.5. The molecule has 0 aliphatic carbocycles. The molecule has 218 valence electrons. The van der Waals surface area contributed by atoms with E-state index in [0.717, 1.165) is 31.9 Å². The second-order valence-electron chi connectivity index (χ2n) is 9.56. The number of halogens is 2. The Morgan fingerprint density at radius 1 is 1.20 bits per heavy atom. The Morgan fingerprint density at radius 2 is 1.90 bits per heavy atom. The highest BCUT2D eigenvalue weighted by atomic mass is 35.5. The lowest BCUT2D eigenvalue weighted by molar-refractivity contribution is -0.152. The molecular formula is C27H31ClFN7O5. The van der Waals surface area contributed by atoms with Gasteiger partial charge in [-0.05, 0) is 52.1 Å². The molecule has 1 amide bonds. The van der Waals surface area contributed by atoms with Crippen LogP contribution in [0.5, 0.6) is 0 Å². The fourth-order valence-electron chi connectivity index (χ4n) is 4.25. The molecule has 0 bridgehead atoms. The molecule has 12 nitrogen and oxygen atoms in total. The predicted molar refractivity (Wildman–Crippen MR) is 151 cm³/mol. The number of esters is 2. The molecule has 14 heteroatoms. The van der Waals surface area contributed by atoms with Crippen molar-refractivity contribution in [2.45, 2.75) is 26.9 Å². The van der Waals surface area contributed by atoms with Crippen LogP contribution in [0.15, 0.2) is 30.5 Å². The van der Waals surface area contributed by atoms with Gasteiger partial charge in [0, 0.05) is 31.7 Å². The molecule has 2 aromatic carbocycles. The number of nitrogens with zero attached hydrogens (tertiary/aromatic N) is 5. The third-order valence-corrected chi connectivity index (χ3v) is 7.12. The summed E-state index contributed by atoms with van der Waals surface area (Å²) in [6.45, 7) is 7.74. The molecule has 4 rings (SSSR count). The minimum atomic E-state index is -1.12. The van der Waals surface area contributed by atoms with E-state index in [-0.39, 0.29) is 34.1 Å². The number of likely N-dealkylation sites (N-methyl/N-ethyl adjacent to an activating group) is 1. The van der Waals surface area contributed by atoms with Crippen molar-refractivity contribution >= 4 is 46.5 Å². The highest BCUT2D eigenvalue weighted by Gasteiger charge is 2.24. The molecule has 1 saturated heterocycles. The zero-order chi connectivity index (χ0) is 29.8. The zero-order valence-corrected chi connectivity index (χ0v) is 23.9. The number of nitrogen functional groups attached to an aromatic ring is 1. The molecule has 1 fully saturated rings. The number of hydrogen-bond acceptors (Lipinski definition) is 10. The van der Waals surface area contributed by atoms with Crippen LogP contribution in [0.1, 0.15) is 40.3 Å². The number of nitrogens with one attached hydrogen (secondary N) is 1. The second-order valence-corrected chi connectivity index (χ2v) is 9.94. The van der Waals surface area contributed by atoms with Crippen molar-refractivity contribution in [3.63, 3.8) is 0 Å². The molecule has 3 aromatic rings. The van der Waals surface area contributed by atoms with Gasteiger partial charge in [-0.1, -0.05) is 16.8 Å². The fourth-order valence-corrected chi connectivity index (χ4v) is 4.48. The van der Waals surface area contributed by atoms with Gasteiger partial charge in [-0.2, -0.15) is 0 Å². The van der Waals surface area contributed by atoms with Crippen LogP contribution in [0, 0.1) is 12.7 Å². The minimum Gasteiger partial charge on any atom is -0.463 e. The van der Waals surface area contributed by atoms with Crippen LogP contribution in [-0.4, -0.2) is 83.7 Å². The Labute approximate surface area is 241 Å². The number of carbonyl (C=O) groups excluding carboxylic acids is 3. The van der Waals surface area contributed by atoms with E-state index >= 15 is 0 Å². The predicted octanol–water partition coefficient (Wildman–Crippen LogP) is 3.06. The van der Waals surface area contributed by atoms with Gasteiger partial charge in [-0.25, -0.2) is 18.7 Å². The van der Waals surface area contributed by atoms with Crippen LogP contribution in [0.4, 0.5) is 21.5 Å². The second kappa shape index (κ2) is 12.5. The summed E-state index contributed by atoms with van der Waals surface area (Å²) in [7, 11) is 2.03. The van der Waals surface area contributed by atoms with E-state index in [9.17, 15) is 18.8 Å². The molecule has 1 unspecified atom stereocenters. The SMILES string of the molecule is CCOC(=O)C(C)OC(=O)c1cn(-c2ccc(N3CCN(C)CC3)c(NC(=O)c3cc(N)c(F)c(C)c3Cl)c2)nn1. The van der Waals surface area contributed by atoms with Gasteiger partial charge in [0.2, 0.25) is 0 Å². The number of piperazine rings is 1. The first kappa shape index (κ1) is 29.7. The van der Waals surface area contributed by atoms with Gasteiger partial charge in [0.1, 0.15) is 0 Å². The molecule has 2 heterocycles. The van der Waals surface area contributed by atoms with Gasteiger partial charge >= 0.3 is 11.9 Å². The van der Waals surface area contributed by atoms with Crippen molar-refractivity contribution in [2.75, 3.05) is 55.8 Å². The van der Waals surface area contributed by atoms with Gasteiger partial charge in [-0.3, -0.25) is 4.79 Å². The third kappa shape index (κ3) is 6.57. The van der Waals surface area contributed by atoms with E-state index in [1.807, 2.05) is 13.1 Å². The molecule has 0 radical (unpaired) electrons. The van der Waals surface area contributed by atoms with Crippen molar-refractivity contribution in [2.24, 2.45) is 0 Å². The number of aromatic nitrogens is 3. The standard InChI is InChI=1S/C27H31ClFN7O5/c1-5-40-26(38)16(3)41-27(39)21-14-36(33-32-21)17-6-7-22(35-10-8-34(4)9-11-35)20(12-17)31-25(37)18-13-19(30)24(29)15(2)23(18)28/h6-7,12-14,16H,5,8-11,30H2,1-4H3,(H,31,37). The van der Waals surface area contributed by atoms with Gasteiger partial charge in [0.05, 0.1) is 46.1 Å². The largest absolute Gasteiger partial charge is 0.463 e. The van der Waals surface area contributed by atoms with Crippen LogP contribution in [0.25, 0.3) is 5.69 Å². The van der Waals surface area contributed by atoms with E-state index in [0.29, 0.717) is 11.4 Å². The van der Waals surface area contributed by atoms with Crippen molar-refractivity contribution in [3.8, 4) is 5.69 Å². The Bertz CT molecular complexity index is 1470. The van der Waals surface area contributed by atoms with Crippen molar-refractivity contribution in [1.82, 2.24) is 19.9 Å². The monoisotopic (exact) mass is 587 g/mol. The summed E-state index contributed by atoms with van der Waals surface area (Å²) in [6.07, 6.45) is 0.227. The lowest BCUT2D eigenvalue weighted by Gasteiger charge is -2.35. The molecule has 1 aliphatic heterocycles. The number of anilines is 3. The van der Waals surface area contributed by atoms with Gasteiger partial charge in [0.25, 0.3) is 5.91 Å². The average Bonchev–Trinajstić information content (AvgIpc) is 3.45. The first-order valence-electron chi connectivity index (χ1n) is 12.9. The van der Waals surface area contributed by atoms with Crippen LogP contribution in [0.2, 0.25) is 5.02 Å².